The van der Waals surface area contributed by atoms with Crippen molar-refractivity contribution in [2.75, 3.05) is 5.75 Å². The summed E-state index contributed by atoms with van der Waals surface area (Å²) in [5.74, 6) is -0.893. The maximum absolute atomic E-state index is 12.5. The second-order valence-electron chi connectivity index (χ2n) is 5.49. The van der Waals surface area contributed by atoms with Gasteiger partial charge in [-0.15, -0.1) is 0 Å². The van der Waals surface area contributed by atoms with Crippen molar-refractivity contribution >= 4 is 27.3 Å². The largest absolute Gasteiger partial charge is 0.416 e. The Labute approximate surface area is 153 Å². The van der Waals surface area contributed by atoms with E-state index in [2.05, 4.69) is 5.32 Å². The molecule has 0 saturated heterocycles. The van der Waals surface area contributed by atoms with Crippen molar-refractivity contribution < 1.29 is 26.4 Å². The van der Waals surface area contributed by atoms with Crippen LogP contribution in [-0.2, 0) is 27.4 Å². The molecule has 0 radical (unpaired) electrons. The minimum atomic E-state index is -4.42. The van der Waals surface area contributed by atoms with E-state index >= 15 is 0 Å². The molecule has 2 aromatic rings. The molecule has 1 amide bonds. The van der Waals surface area contributed by atoms with Gasteiger partial charge in [0, 0.05) is 18.0 Å². The molecular weight excluding hydrogens is 391 g/mol. The van der Waals surface area contributed by atoms with Crippen LogP contribution in [0.4, 0.5) is 13.2 Å². The second-order valence-corrected chi connectivity index (χ2v) is 8.04. The van der Waals surface area contributed by atoms with Crippen LogP contribution >= 0.6 is 11.6 Å². The lowest BCUT2D eigenvalue weighted by molar-refractivity contribution is -0.137. The predicted octanol–water partition coefficient (Wildman–Crippen LogP) is 3.84. The molecule has 2 aromatic carbocycles. The van der Waals surface area contributed by atoms with Crippen molar-refractivity contribution in [1.29, 1.82) is 0 Å². The average Bonchev–Trinajstić information content (AvgIpc) is 2.58. The minimum Gasteiger partial charge on any atom is -0.352 e. The normalized spacial score (nSPS) is 12.0. The third-order valence-corrected chi connectivity index (χ3v) is 5.53. The smallest absolute Gasteiger partial charge is 0.352 e. The number of alkyl halides is 3. The summed E-state index contributed by atoms with van der Waals surface area (Å²) in [7, 11) is -3.62. The first-order chi connectivity index (χ1) is 12.1. The van der Waals surface area contributed by atoms with Crippen molar-refractivity contribution in [2.45, 2.75) is 24.0 Å². The highest BCUT2D eigenvalue weighted by Crippen LogP contribution is 2.29. The summed E-state index contributed by atoms with van der Waals surface area (Å²) in [6.07, 6.45) is -4.68. The fourth-order valence-corrected chi connectivity index (χ4v) is 3.45. The van der Waals surface area contributed by atoms with E-state index in [1.807, 2.05) is 0 Å². The number of sulfone groups is 1. The van der Waals surface area contributed by atoms with Crippen LogP contribution in [-0.4, -0.2) is 20.1 Å². The molecule has 2 rings (SSSR count). The van der Waals surface area contributed by atoms with E-state index in [4.69, 9.17) is 11.6 Å². The minimum absolute atomic E-state index is 0.0119. The monoisotopic (exact) mass is 405 g/mol. The lowest BCUT2D eigenvalue weighted by Crippen LogP contribution is -2.25. The Bertz CT molecular complexity index is 864. The summed E-state index contributed by atoms with van der Waals surface area (Å²) in [6.45, 7) is 0.0119. The van der Waals surface area contributed by atoms with E-state index in [-0.39, 0.29) is 23.6 Å². The van der Waals surface area contributed by atoms with Crippen LogP contribution in [0.5, 0.6) is 0 Å². The first-order valence-electron chi connectivity index (χ1n) is 7.49. The molecule has 0 fully saturated rings. The first-order valence-corrected chi connectivity index (χ1v) is 9.52. The average molecular weight is 406 g/mol. The molecule has 9 heteroatoms. The Morgan fingerprint density at radius 1 is 1.00 bits per heavy atom. The summed E-state index contributed by atoms with van der Waals surface area (Å²) in [5.41, 5.74) is -0.298. The highest BCUT2D eigenvalue weighted by atomic mass is 35.5. The lowest BCUT2D eigenvalue weighted by Gasteiger charge is -2.09. The zero-order chi connectivity index (χ0) is 19.4. The molecule has 140 valence electrons. The van der Waals surface area contributed by atoms with Crippen LogP contribution in [0.15, 0.2) is 53.4 Å². The van der Waals surface area contributed by atoms with Gasteiger partial charge >= 0.3 is 6.18 Å². The molecule has 26 heavy (non-hydrogen) atoms. The quantitative estimate of drug-likeness (QED) is 0.794. The number of hydrogen-bond donors (Lipinski definition) is 1. The lowest BCUT2D eigenvalue weighted by atomic mass is 10.1. The molecule has 0 aliphatic heterocycles. The maximum Gasteiger partial charge on any atom is 0.416 e. The predicted molar refractivity (Wildman–Crippen MR) is 91.4 cm³/mol. The van der Waals surface area contributed by atoms with Gasteiger partial charge in [0.15, 0.2) is 9.84 Å². The SMILES string of the molecule is O=C(CCS(=O)(=O)c1ccc(Cl)cc1)NCc1ccc(C(F)(F)F)cc1. The van der Waals surface area contributed by atoms with E-state index < -0.39 is 27.5 Å². The third-order valence-electron chi connectivity index (χ3n) is 3.54. The summed E-state index contributed by atoms with van der Waals surface area (Å²) >= 11 is 5.70. The van der Waals surface area contributed by atoms with Crippen LogP contribution in [0.1, 0.15) is 17.5 Å². The molecule has 0 bridgehead atoms. The fourth-order valence-electron chi connectivity index (χ4n) is 2.09. The van der Waals surface area contributed by atoms with Gasteiger partial charge in [0.05, 0.1) is 16.2 Å². The fraction of sp³-hybridized carbons (Fsp3) is 0.235. The molecule has 0 atom stereocenters. The van der Waals surface area contributed by atoms with Gasteiger partial charge in [0.1, 0.15) is 0 Å². The first kappa shape index (κ1) is 20.3. The van der Waals surface area contributed by atoms with Crippen LogP contribution in [0.2, 0.25) is 5.02 Å². The van der Waals surface area contributed by atoms with E-state index in [0.717, 1.165) is 12.1 Å². The second kappa shape index (κ2) is 8.09. The standard InChI is InChI=1S/C17H15ClF3NO3S/c18-14-5-7-15(8-6-14)26(24,25)10-9-16(23)22-11-12-1-3-13(4-2-12)17(19,20)21/h1-8H,9-11H2,(H,22,23). The number of benzene rings is 2. The van der Waals surface area contributed by atoms with E-state index in [0.29, 0.717) is 10.6 Å². The van der Waals surface area contributed by atoms with Gasteiger partial charge in [0.25, 0.3) is 0 Å². The van der Waals surface area contributed by atoms with Crippen LogP contribution in [0.25, 0.3) is 0 Å². The van der Waals surface area contributed by atoms with Gasteiger partial charge in [-0.1, -0.05) is 23.7 Å². The molecule has 0 aromatic heterocycles. The van der Waals surface area contributed by atoms with E-state index in [1.54, 1.807) is 0 Å². The number of amides is 1. The summed E-state index contributed by atoms with van der Waals surface area (Å²) in [5, 5.41) is 2.89. The molecule has 0 saturated carbocycles. The zero-order valence-electron chi connectivity index (χ0n) is 13.4. The number of carbonyl (C=O) groups excluding carboxylic acids is 1. The van der Waals surface area contributed by atoms with Crippen molar-refractivity contribution in [3.8, 4) is 0 Å². The topological polar surface area (TPSA) is 63.2 Å². The Balaban J connectivity index is 1.86. The molecular formula is C17H15ClF3NO3S. The van der Waals surface area contributed by atoms with Gasteiger partial charge in [-0.2, -0.15) is 13.2 Å². The molecule has 1 N–H and O–H groups in total. The van der Waals surface area contributed by atoms with Crippen molar-refractivity contribution in [1.82, 2.24) is 5.32 Å². The number of hydrogen-bond acceptors (Lipinski definition) is 3. The molecule has 0 aliphatic rings. The van der Waals surface area contributed by atoms with E-state index in [9.17, 15) is 26.4 Å². The molecule has 0 unspecified atom stereocenters. The Morgan fingerprint density at radius 2 is 1.58 bits per heavy atom. The van der Waals surface area contributed by atoms with Crippen molar-refractivity contribution in [2.24, 2.45) is 0 Å². The van der Waals surface area contributed by atoms with E-state index in [1.165, 1.54) is 36.4 Å². The summed E-state index contributed by atoms with van der Waals surface area (Å²) in [4.78, 5) is 11.9. The van der Waals surface area contributed by atoms with Gasteiger partial charge in [-0.05, 0) is 42.0 Å². The van der Waals surface area contributed by atoms with Gasteiger partial charge in [0.2, 0.25) is 5.91 Å². The highest BCUT2D eigenvalue weighted by molar-refractivity contribution is 7.91. The number of rotatable bonds is 6. The highest BCUT2D eigenvalue weighted by Gasteiger charge is 2.29. The van der Waals surface area contributed by atoms with Crippen molar-refractivity contribution in [3.63, 3.8) is 0 Å². The van der Waals surface area contributed by atoms with Crippen LogP contribution < -0.4 is 5.32 Å². The molecule has 0 aliphatic carbocycles. The van der Waals surface area contributed by atoms with Crippen molar-refractivity contribution in [3.05, 3.63) is 64.7 Å². The molecule has 0 heterocycles. The Hall–Kier alpha value is -2.06. The maximum atomic E-state index is 12.5. The van der Waals surface area contributed by atoms with Gasteiger partial charge < -0.3 is 5.32 Å². The summed E-state index contributed by atoms with van der Waals surface area (Å²) in [6, 6.07) is 9.97. The van der Waals surface area contributed by atoms with Gasteiger partial charge in [-0.25, -0.2) is 8.42 Å². The molecule has 0 spiro atoms. The third kappa shape index (κ3) is 5.74. The number of nitrogens with one attached hydrogen (secondary N) is 1. The zero-order valence-corrected chi connectivity index (χ0v) is 15.0. The summed E-state index contributed by atoms with van der Waals surface area (Å²) < 4.78 is 61.7. The van der Waals surface area contributed by atoms with Crippen LogP contribution in [0.3, 0.4) is 0 Å². The Morgan fingerprint density at radius 3 is 2.12 bits per heavy atom. The molecule has 4 nitrogen and oxygen atoms in total. The number of halogens is 4. The van der Waals surface area contributed by atoms with Gasteiger partial charge in [-0.3, -0.25) is 4.79 Å². The van der Waals surface area contributed by atoms with Crippen LogP contribution in [0, 0.1) is 0 Å². The number of carbonyl (C=O) groups is 1. The Kier molecular flexibility index (Phi) is 6.30.